The van der Waals surface area contributed by atoms with E-state index in [0.29, 0.717) is 11.3 Å². The molecule has 0 radical (unpaired) electrons. The van der Waals surface area contributed by atoms with E-state index in [2.05, 4.69) is 0 Å². The maximum atomic E-state index is 11.8. The molecule has 0 amide bonds. The second kappa shape index (κ2) is 4.17. The van der Waals surface area contributed by atoms with E-state index in [9.17, 15) is 13.2 Å². The number of ether oxygens (including phenoxy) is 1. The summed E-state index contributed by atoms with van der Waals surface area (Å²) in [7, 11) is 1.50. The molecule has 0 aromatic heterocycles. The van der Waals surface area contributed by atoms with Gasteiger partial charge in [0, 0.05) is 6.08 Å². The van der Waals surface area contributed by atoms with E-state index >= 15 is 0 Å². The van der Waals surface area contributed by atoms with Crippen LogP contribution >= 0.6 is 0 Å². The number of benzene rings is 1. The zero-order valence-electron chi connectivity index (χ0n) is 7.51. The van der Waals surface area contributed by atoms with Gasteiger partial charge in [-0.3, -0.25) is 0 Å². The van der Waals surface area contributed by atoms with E-state index in [-0.39, 0.29) is 6.08 Å². The van der Waals surface area contributed by atoms with E-state index in [4.69, 9.17) is 4.74 Å². The zero-order valence-corrected chi connectivity index (χ0v) is 7.51. The number of rotatable bonds is 2. The summed E-state index contributed by atoms with van der Waals surface area (Å²) in [5, 5.41) is 0. The third kappa shape index (κ3) is 3.51. The maximum absolute atomic E-state index is 11.8. The highest BCUT2D eigenvalue weighted by Gasteiger charge is 2.21. The maximum Gasteiger partial charge on any atom is 0.409 e. The number of allylic oxidation sites excluding steroid dienone is 1. The van der Waals surface area contributed by atoms with Crippen molar-refractivity contribution in [1.29, 1.82) is 0 Å². The van der Waals surface area contributed by atoms with Crippen molar-refractivity contribution in [1.82, 2.24) is 0 Å². The van der Waals surface area contributed by atoms with Gasteiger partial charge < -0.3 is 4.74 Å². The first kappa shape index (κ1) is 10.6. The Labute approximate surface area is 79.8 Å². The molecule has 0 heterocycles. The van der Waals surface area contributed by atoms with Gasteiger partial charge in [0.1, 0.15) is 5.75 Å². The van der Waals surface area contributed by atoms with Gasteiger partial charge in [0.15, 0.2) is 0 Å². The fourth-order valence-electron chi connectivity index (χ4n) is 0.906. The van der Waals surface area contributed by atoms with Gasteiger partial charge in [-0.25, -0.2) is 0 Å². The molecule has 76 valence electrons. The summed E-state index contributed by atoms with van der Waals surface area (Å²) in [5.41, 5.74) is 0.489. The highest BCUT2D eigenvalue weighted by molar-refractivity contribution is 5.51. The quantitative estimate of drug-likeness (QED) is 0.715. The SMILES string of the molecule is COc1ccc(/C=C\C(F)(F)F)cc1. The Kier molecular flexibility index (Phi) is 3.17. The predicted molar refractivity (Wildman–Crippen MR) is 48.1 cm³/mol. The first-order chi connectivity index (χ1) is 6.51. The highest BCUT2D eigenvalue weighted by atomic mass is 19.4. The minimum atomic E-state index is -4.26. The topological polar surface area (TPSA) is 9.23 Å². The van der Waals surface area contributed by atoms with Crippen LogP contribution in [-0.2, 0) is 0 Å². The fraction of sp³-hybridized carbons (Fsp3) is 0.200. The minimum Gasteiger partial charge on any atom is -0.497 e. The largest absolute Gasteiger partial charge is 0.497 e. The average Bonchev–Trinajstić information content (AvgIpc) is 2.14. The summed E-state index contributed by atoms with van der Waals surface area (Å²) in [5.74, 6) is 0.620. The monoisotopic (exact) mass is 202 g/mol. The van der Waals surface area contributed by atoms with Crippen LogP contribution in [0.1, 0.15) is 5.56 Å². The van der Waals surface area contributed by atoms with E-state index < -0.39 is 6.18 Å². The Hall–Kier alpha value is -1.45. The van der Waals surface area contributed by atoms with Crippen LogP contribution in [-0.4, -0.2) is 13.3 Å². The normalized spacial score (nSPS) is 12.0. The summed E-state index contributed by atoms with van der Waals surface area (Å²) < 4.78 is 40.2. The molecule has 4 heteroatoms. The first-order valence-electron chi connectivity index (χ1n) is 3.91. The highest BCUT2D eigenvalue weighted by Crippen LogP contribution is 2.19. The Morgan fingerprint density at radius 1 is 1.14 bits per heavy atom. The second-order valence-electron chi connectivity index (χ2n) is 2.65. The molecule has 14 heavy (non-hydrogen) atoms. The van der Waals surface area contributed by atoms with E-state index in [1.54, 1.807) is 24.3 Å². The third-order valence-electron chi connectivity index (χ3n) is 1.58. The molecule has 0 aliphatic heterocycles. The summed E-state index contributed by atoms with van der Waals surface area (Å²) >= 11 is 0. The molecule has 0 saturated heterocycles. The second-order valence-corrected chi connectivity index (χ2v) is 2.65. The Bertz CT molecular complexity index is 311. The number of alkyl halides is 3. The molecule has 0 N–H and O–H groups in total. The lowest BCUT2D eigenvalue weighted by Crippen LogP contribution is -2.00. The molecule has 0 bridgehead atoms. The standard InChI is InChI=1S/C10H9F3O/c1-14-9-4-2-8(3-5-9)6-7-10(11,12)13/h2-7H,1H3/b7-6-. The van der Waals surface area contributed by atoms with Crippen molar-refractivity contribution in [3.8, 4) is 5.75 Å². The number of hydrogen-bond acceptors (Lipinski definition) is 1. The number of methoxy groups -OCH3 is 1. The Balaban J connectivity index is 2.74. The smallest absolute Gasteiger partial charge is 0.409 e. The zero-order chi connectivity index (χ0) is 10.6. The van der Waals surface area contributed by atoms with E-state index in [1.165, 1.54) is 7.11 Å². The van der Waals surface area contributed by atoms with Crippen LogP contribution in [0, 0.1) is 0 Å². The Morgan fingerprint density at radius 3 is 2.14 bits per heavy atom. The van der Waals surface area contributed by atoms with Crippen LogP contribution in [0.4, 0.5) is 13.2 Å². The lowest BCUT2D eigenvalue weighted by molar-refractivity contribution is -0.0790. The minimum absolute atomic E-state index is 0.203. The molecule has 0 aliphatic carbocycles. The van der Waals surface area contributed by atoms with Crippen molar-refractivity contribution in [3.63, 3.8) is 0 Å². The fourth-order valence-corrected chi connectivity index (χ4v) is 0.906. The average molecular weight is 202 g/mol. The first-order valence-corrected chi connectivity index (χ1v) is 3.91. The molecule has 0 fully saturated rings. The molecule has 0 spiro atoms. The number of hydrogen-bond donors (Lipinski definition) is 0. The Morgan fingerprint density at radius 2 is 1.71 bits per heavy atom. The van der Waals surface area contributed by atoms with Crippen molar-refractivity contribution in [2.24, 2.45) is 0 Å². The molecule has 0 aliphatic rings. The van der Waals surface area contributed by atoms with Crippen LogP contribution in [0.3, 0.4) is 0 Å². The van der Waals surface area contributed by atoms with Gasteiger partial charge in [-0.2, -0.15) is 13.2 Å². The van der Waals surface area contributed by atoms with Gasteiger partial charge in [-0.15, -0.1) is 0 Å². The van der Waals surface area contributed by atoms with E-state index in [1.807, 2.05) is 0 Å². The van der Waals surface area contributed by atoms with Gasteiger partial charge >= 0.3 is 6.18 Å². The molecule has 1 nitrogen and oxygen atoms in total. The molecular weight excluding hydrogens is 193 g/mol. The van der Waals surface area contributed by atoms with Gasteiger partial charge in [-0.05, 0) is 17.7 Å². The van der Waals surface area contributed by atoms with Crippen molar-refractivity contribution in [3.05, 3.63) is 35.9 Å². The summed E-state index contributed by atoms with van der Waals surface area (Å²) in [4.78, 5) is 0. The van der Waals surface area contributed by atoms with Crippen LogP contribution in [0.2, 0.25) is 0 Å². The third-order valence-corrected chi connectivity index (χ3v) is 1.58. The predicted octanol–water partition coefficient (Wildman–Crippen LogP) is 3.27. The van der Waals surface area contributed by atoms with Gasteiger partial charge in [0.05, 0.1) is 7.11 Å². The van der Waals surface area contributed by atoms with Gasteiger partial charge in [0.2, 0.25) is 0 Å². The summed E-state index contributed by atoms with van der Waals surface area (Å²) in [6, 6.07) is 6.33. The van der Waals surface area contributed by atoms with Crippen molar-refractivity contribution in [2.75, 3.05) is 7.11 Å². The molecule has 1 aromatic rings. The lowest BCUT2D eigenvalue weighted by Gasteiger charge is -2.00. The van der Waals surface area contributed by atoms with Crippen LogP contribution in [0.5, 0.6) is 5.75 Å². The van der Waals surface area contributed by atoms with Gasteiger partial charge in [0.25, 0.3) is 0 Å². The van der Waals surface area contributed by atoms with Crippen LogP contribution in [0.25, 0.3) is 6.08 Å². The molecule has 1 aromatic carbocycles. The van der Waals surface area contributed by atoms with Crippen LogP contribution < -0.4 is 4.74 Å². The molecule has 1 rings (SSSR count). The van der Waals surface area contributed by atoms with Crippen molar-refractivity contribution < 1.29 is 17.9 Å². The van der Waals surface area contributed by atoms with Crippen LogP contribution in [0.15, 0.2) is 30.3 Å². The summed E-state index contributed by atoms with van der Waals surface area (Å²) in [6.45, 7) is 0. The summed E-state index contributed by atoms with van der Waals surface area (Å²) in [6.07, 6.45) is -3.05. The molecule has 0 unspecified atom stereocenters. The lowest BCUT2D eigenvalue weighted by atomic mass is 10.2. The molecular formula is C10H9F3O. The van der Waals surface area contributed by atoms with E-state index in [0.717, 1.165) is 6.08 Å². The molecule has 0 saturated carbocycles. The van der Waals surface area contributed by atoms with Gasteiger partial charge in [-0.1, -0.05) is 18.2 Å². The van der Waals surface area contributed by atoms with Crippen molar-refractivity contribution >= 4 is 6.08 Å². The van der Waals surface area contributed by atoms with Crippen molar-refractivity contribution in [2.45, 2.75) is 6.18 Å². The number of halogens is 3. The molecule has 0 atom stereocenters.